The first-order valence-corrected chi connectivity index (χ1v) is 8.67. The van der Waals surface area contributed by atoms with E-state index in [0.717, 1.165) is 40.8 Å². The smallest absolute Gasteiger partial charge is 0.266 e. The molecule has 1 fully saturated rings. The highest BCUT2D eigenvalue weighted by atomic mass is 16.5. The monoisotopic (exact) mass is 345 g/mol. The van der Waals surface area contributed by atoms with Gasteiger partial charge in [-0.05, 0) is 30.7 Å². The molecule has 2 aromatic carbocycles. The molecule has 5 nitrogen and oxygen atoms in total. The van der Waals surface area contributed by atoms with E-state index in [4.69, 9.17) is 4.74 Å². The second-order valence-corrected chi connectivity index (χ2v) is 6.51. The van der Waals surface area contributed by atoms with Gasteiger partial charge in [-0.25, -0.2) is 0 Å². The molecule has 0 bridgehead atoms. The van der Waals surface area contributed by atoms with Crippen molar-refractivity contribution in [2.24, 2.45) is 0 Å². The van der Waals surface area contributed by atoms with Crippen LogP contribution in [0.2, 0.25) is 0 Å². The third kappa shape index (κ3) is 2.85. The molecule has 0 radical (unpaired) electrons. The number of hydrogen-bond donors (Lipinski definition) is 1. The highest BCUT2D eigenvalue weighted by Gasteiger charge is 2.17. The summed E-state index contributed by atoms with van der Waals surface area (Å²) in [6.45, 7) is 5.09. The largest absolute Gasteiger partial charge is 0.378 e. The van der Waals surface area contributed by atoms with E-state index in [2.05, 4.69) is 22.0 Å². The van der Waals surface area contributed by atoms with Crippen LogP contribution in [0.5, 0.6) is 0 Å². The van der Waals surface area contributed by atoms with Crippen LogP contribution in [0.1, 0.15) is 11.1 Å². The first-order chi connectivity index (χ1) is 12.7. The van der Waals surface area contributed by atoms with Gasteiger partial charge in [0, 0.05) is 35.2 Å². The molecule has 0 amide bonds. The van der Waals surface area contributed by atoms with E-state index in [9.17, 15) is 10.1 Å². The molecule has 26 heavy (non-hydrogen) atoms. The lowest BCUT2D eigenvalue weighted by atomic mass is 9.95. The molecule has 0 unspecified atom stereocenters. The lowest BCUT2D eigenvalue weighted by Gasteiger charge is -2.29. The number of pyridine rings is 1. The van der Waals surface area contributed by atoms with Crippen LogP contribution in [-0.4, -0.2) is 31.3 Å². The Morgan fingerprint density at radius 3 is 2.54 bits per heavy atom. The fraction of sp³-hybridized carbons (Fsp3) is 0.238. The summed E-state index contributed by atoms with van der Waals surface area (Å²) >= 11 is 0. The molecule has 1 saturated heterocycles. The average molecular weight is 345 g/mol. The van der Waals surface area contributed by atoms with Gasteiger partial charge in [0.25, 0.3) is 5.56 Å². The third-order valence-corrected chi connectivity index (χ3v) is 4.83. The van der Waals surface area contributed by atoms with Crippen LogP contribution in [0.3, 0.4) is 0 Å². The topological polar surface area (TPSA) is 69.1 Å². The highest BCUT2D eigenvalue weighted by molar-refractivity contribution is 5.98. The zero-order valence-corrected chi connectivity index (χ0v) is 14.6. The zero-order valence-electron chi connectivity index (χ0n) is 14.6. The normalized spacial score (nSPS) is 14.4. The van der Waals surface area contributed by atoms with Gasteiger partial charge in [-0.3, -0.25) is 4.79 Å². The van der Waals surface area contributed by atoms with Crippen LogP contribution < -0.4 is 10.5 Å². The molecule has 130 valence electrons. The molecular weight excluding hydrogens is 326 g/mol. The van der Waals surface area contributed by atoms with Gasteiger partial charge in [-0.15, -0.1) is 0 Å². The Bertz CT molecular complexity index is 1060. The van der Waals surface area contributed by atoms with E-state index in [-0.39, 0.29) is 11.1 Å². The van der Waals surface area contributed by atoms with Crippen molar-refractivity contribution in [2.45, 2.75) is 6.92 Å². The Kier molecular flexibility index (Phi) is 4.19. The van der Waals surface area contributed by atoms with Crippen molar-refractivity contribution >= 4 is 16.6 Å². The number of H-pyrrole nitrogens is 1. The molecule has 1 aliphatic rings. The van der Waals surface area contributed by atoms with Crippen molar-refractivity contribution in [3.8, 4) is 17.2 Å². The van der Waals surface area contributed by atoms with Gasteiger partial charge in [0.2, 0.25) is 0 Å². The molecule has 1 aromatic heterocycles. The van der Waals surface area contributed by atoms with Gasteiger partial charge >= 0.3 is 0 Å². The Morgan fingerprint density at radius 2 is 1.85 bits per heavy atom. The van der Waals surface area contributed by atoms with Crippen molar-refractivity contribution in [2.75, 3.05) is 31.2 Å². The SMILES string of the molecule is Cc1ccc(-c2c(C#N)c(=O)[nH]c3ccc(N4CCOCC4)cc23)cc1. The van der Waals surface area contributed by atoms with E-state index in [1.165, 1.54) is 0 Å². The van der Waals surface area contributed by atoms with Crippen molar-refractivity contribution < 1.29 is 4.74 Å². The van der Waals surface area contributed by atoms with Gasteiger partial charge in [0.05, 0.1) is 13.2 Å². The Morgan fingerprint density at radius 1 is 1.12 bits per heavy atom. The number of morpholine rings is 1. The third-order valence-electron chi connectivity index (χ3n) is 4.83. The predicted molar refractivity (Wildman–Crippen MR) is 102 cm³/mol. The molecule has 0 saturated carbocycles. The summed E-state index contributed by atoms with van der Waals surface area (Å²) in [5.41, 5.74) is 4.32. The molecular formula is C21H19N3O2. The lowest BCUT2D eigenvalue weighted by molar-refractivity contribution is 0.122. The standard InChI is InChI=1S/C21H19N3O2/c1-14-2-4-15(5-3-14)20-17-12-16(24-8-10-26-11-9-24)6-7-19(17)23-21(25)18(20)13-22/h2-7,12H,8-11H2,1H3,(H,23,25). The number of ether oxygens (including phenoxy) is 1. The van der Waals surface area contributed by atoms with Crippen LogP contribution in [0, 0.1) is 18.3 Å². The van der Waals surface area contributed by atoms with E-state index in [0.29, 0.717) is 18.8 Å². The fourth-order valence-electron chi connectivity index (χ4n) is 3.43. The lowest BCUT2D eigenvalue weighted by Crippen LogP contribution is -2.36. The maximum atomic E-state index is 12.4. The van der Waals surface area contributed by atoms with E-state index >= 15 is 0 Å². The van der Waals surface area contributed by atoms with E-state index in [1.807, 2.05) is 43.3 Å². The summed E-state index contributed by atoms with van der Waals surface area (Å²) in [5, 5.41) is 10.5. The summed E-state index contributed by atoms with van der Waals surface area (Å²) < 4.78 is 5.43. The number of benzene rings is 2. The van der Waals surface area contributed by atoms with Crippen LogP contribution in [0.4, 0.5) is 5.69 Å². The number of nitriles is 1. The number of nitrogens with zero attached hydrogens (tertiary/aromatic N) is 2. The summed E-state index contributed by atoms with van der Waals surface area (Å²) in [4.78, 5) is 17.5. The van der Waals surface area contributed by atoms with Gasteiger partial charge in [0.1, 0.15) is 11.6 Å². The van der Waals surface area contributed by atoms with Gasteiger partial charge in [-0.2, -0.15) is 5.26 Å². The summed E-state index contributed by atoms with van der Waals surface area (Å²) in [7, 11) is 0. The summed E-state index contributed by atoms with van der Waals surface area (Å²) in [6.07, 6.45) is 0. The molecule has 0 aliphatic carbocycles. The van der Waals surface area contributed by atoms with E-state index in [1.54, 1.807) is 0 Å². The predicted octanol–water partition coefficient (Wildman–Crippen LogP) is 3.21. The number of rotatable bonds is 2. The van der Waals surface area contributed by atoms with Crippen LogP contribution >= 0.6 is 0 Å². The Hall–Kier alpha value is -3.10. The van der Waals surface area contributed by atoms with Crippen LogP contribution in [-0.2, 0) is 4.74 Å². The number of hydrogen-bond acceptors (Lipinski definition) is 4. The molecule has 3 aromatic rings. The molecule has 1 N–H and O–H groups in total. The average Bonchev–Trinajstić information content (AvgIpc) is 2.68. The Labute approximate surface area is 151 Å². The first-order valence-electron chi connectivity index (χ1n) is 8.67. The van der Waals surface area contributed by atoms with Crippen LogP contribution in [0.15, 0.2) is 47.3 Å². The number of fused-ring (bicyclic) bond motifs is 1. The molecule has 5 heteroatoms. The number of aryl methyl sites for hydroxylation is 1. The number of anilines is 1. The van der Waals surface area contributed by atoms with Gasteiger partial charge in [-0.1, -0.05) is 29.8 Å². The Balaban J connectivity index is 1.97. The van der Waals surface area contributed by atoms with Crippen molar-refractivity contribution in [3.63, 3.8) is 0 Å². The van der Waals surface area contributed by atoms with Gasteiger partial charge in [0.15, 0.2) is 0 Å². The highest BCUT2D eigenvalue weighted by Crippen LogP contribution is 2.32. The molecule has 1 aliphatic heterocycles. The van der Waals surface area contributed by atoms with E-state index < -0.39 is 0 Å². The second kappa shape index (κ2) is 6.66. The minimum Gasteiger partial charge on any atom is -0.378 e. The molecule has 4 rings (SSSR count). The van der Waals surface area contributed by atoms with Crippen LogP contribution in [0.25, 0.3) is 22.0 Å². The second-order valence-electron chi connectivity index (χ2n) is 6.51. The zero-order chi connectivity index (χ0) is 18.1. The summed E-state index contributed by atoms with van der Waals surface area (Å²) in [5.74, 6) is 0. The first kappa shape index (κ1) is 16.4. The number of aromatic nitrogens is 1. The van der Waals surface area contributed by atoms with Crippen molar-refractivity contribution in [1.82, 2.24) is 4.98 Å². The fourth-order valence-corrected chi connectivity index (χ4v) is 3.43. The van der Waals surface area contributed by atoms with Crippen molar-refractivity contribution in [1.29, 1.82) is 5.26 Å². The maximum absolute atomic E-state index is 12.4. The maximum Gasteiger partial charge on any atom is 0.266 e. The minimum atomic E-state index is -0.352. The summed E-state index contributed by atoms with van der Waals surface area (Å²) in [6, 6.07) is 16.0. The molecule has 0 atom stereocenters. The quantitative estimate of drug-likeness (QED) is 0.774. The number of nitrogens with one attached hydrogen (secondary N) is 1. The molecule has 2 heterocycles. The van der Waals surface area contributed by atoms with Crippen molar-refractivity contribution in [3.05, 3.63) is 63.9 Å². The molecule has 0 spiro atoms. The van der Waals surface area contributed by atoms with Gasteiger partial charge < -0.3 is 14.6 Å². The minimum absolute atomic E-state index is 0.153. The number of aromatic amines is 1.